The fraction of sp³-hybridized carbons (Fsp3) is 0.214. The summed E-state index contributed by atoms with van der Waals surface area (Å²) in [4.78, 5) is 30.9. The zero-order chi connectivity index (χ0) is 24.1. The van der Waals surface area contributed by atoms with Gasteiger partial charge < -0.3 is 19.4 Å². The van der Waals surface area contributed by atoms with Crippen molar-refractivity contribution in [1.29, 1.82) is 0 Å². The summed E-state index contributed by atoms with van der Waals surface area (Å²) in [6, 6.07) is 22.6. The van der Waals surface area contributed by atoms with Gasteiger partial charge in [0.2, 0.25) is 0 Å². The minimum absolute atomic E-state index is 0.121. The second-order valence-electron chi connectivity index (χ2n) is 8.25. The van der Waals surface area contributed by atoms with Crippen molar-refractivity contribution in [3.05, 3.63) is 105 Å². The van der Waals surface area contributed by atoms with Crippen LogP contribution in [0.1, 0.15) is 27.0 Å². The van der Waals surface area contributed by atoms with Crippen LogP contribution in [-0.4, -0.2) is 36.6 Å². The van der Waals surface area contributed by atoms with Crippen LogP contribution in [0.4, 0.5) is 0 Å². The number of aromatic amines is 1. The standard InChI is InChI=1S/C28H28N2O4/c1-19-9-11-24-22(15-19)17-23(27(31)29-24)18-30(28(32)21-7-5-4-6-8-21)14-13-20-10-12-25(33-2)26(16-20)34-3/h4-12,15-17H,13-14,18H2,1-3H3,(H,29,31). The first-order valence-corrected chi connectivity index (χ1v) is 11.2. The topological polar surface area (TPSA) is 71.6 Å². The first kappa shape index (κ1) is 23.1. The molecule has 0 fully saturated rings. The lowest BCUT2D eigenvalue weighted by molar-refractivity contribution is 0.0744. The van der Waals surface area contributed by atoms with Gasteiger partial charge in [-0.3, -0.25) is 9.59 Å². The summed E-state index contributed by atoms with van der Waals surface area (Å²) in [5.41, 5.74) is 3.85. The molecule has 0 aliphatic carbocycles. The summed E-state index contributed by atoms with van der Waals surface area (Å²) >= 11 is 0. The molecular weight excluding hydrogens is 428 g/mol. The lowest BCUT2D eigenvalue weighted by Crippen LogP contribution is -2.34. The van der Waals surface area contributed by atoms with Crippen LogP contribution in [0.2, 0.25) is 0 Å². The highest BCUT2D eigenvalue weighted by atomic mass is 16.5. The summed E-state index contributed by atoms with van der Waals surface area (Å²) in [5, 5.41) is 0.946. The van der Waals surface area contributed by atoms with Gasteiger partial charge in [0.25, 0.3) is 11.5 Å². The molecule has 1 amide bonds. The average Bonchev–Trinajstić information content (AvgIpc) is 2.86. The van der Waals surface area contributed by atoms with Crippen LogP contribution in [0.25, 0.3) is 10.9 Å². The molecule has 0 bridgehead atoms. The minimum Gasteiger partial charge on any atom is -0.493 e. The highest BCUT2D eigenvalue weighted by molar-refractivity contribution is 5.94. The van der Waals surface area contributed by atoms with Gasteiger partial charge >= 0.3 is 0 Å². The van der Waals surface area contributed by atoms with Crippen molar-refractivity contribution < 1.29 is 14.3 Å². The molecule has 0 saturated carbocycles. The molecule has 1 heterocycles. The van der Waals surface area contributed by atoms with Crippen molar-refractivity contribution in [1.82, 2.24) is 9.88 Å². The third-order valence-electron chi connectivity index (χ3n) is 5.86. The number of hydrogen-bond acceptors (Lipinski definition) is 4. The van der Waals surface area contributed by atoms with Crippen LogP contribution >= 0.6 is 0 Å². The average molecular weight is 457 g/mol. The number of methoxy groups -OCH3 is 2. The Balaban J connectivity index is 1.64. The number of benzene rings is 3. The Morgan fingerprint density at radius 3 is 2.41 bits per heavy atom. The number of hydrogen-bond donors (Lipinski definition) is 1. The molecule has 174 valence electrons. The smallest absolute Gasteiger partial charge is 0.254 e. The molecular formula is C28H28N2O4. The molecule has 6 heteroatoms. The summed E-state index contributed by atoms with van der Waals surface area (Å²) in [6.45, 7) is 2.66. The number of rotatable bonds is 8. The SMILES string of the molecule is COc1ccc(CCN(Cc2cc3cc(C)ccc3[nH]c2=O)C(=O)c2ccccc2)cc1OC. The van der Waals surface area contributed by atoms with Gasteiger partial charge in [0.1, 0.15) is 0 Å². The van der Waals surface area contributed by atoms with Crippen LogP contribution < -0.4 is 15.0 Å². The van der Waals surface area contributed by atoms with Gasteiger partial charge in [-0.15, -0.1) is 0 Å². The van der Waals surface area contributed by atoms with Gasteiger partial charge in [0, 0.05) is 23.2 Å². The van der Waals surface area contributed by atoms with E-state index in [2.05, 4.69) is 4.98 Å². The van der Waals surface area contributed by atoms with E-state index in [1.54, 1.807) is 31.3 Å². The summed E-state index contributed by atoms with van der Waals surface area (Å²) in [7, 11) is 3.20. The maximum absolute atomic E-state index is 13.4. The fourth-order valence-electron chi connectivity index (χ4n) is 4.01. The lowest BCUT2D eigenvalue weighted by atomic mass is 10.1. The number of carbonyl (C=O) groups excluding carboxylic acids is 1. The Morgan fingerprint density at radius 1 is 0.912 bits per heavy atom. The molecule has 4 aromatic rings. The maximum Gasteiger partial charge on any atom is 0.254 e. The molecule has 0 saturated heterocycles. The van der Waals surface area contributed by atoms with Crippen molar-refractivity contribution in [2.45, 2.75) is 19.9 Å². The van der Waals surface area contributed by atoms with Crippen LogP contribution in [0.5, 0.6) is 11.5 Å². The zero-order valence-corrected chi connectivity index (χ0v) is 19.6. The second-order valence-corrected chi connectivity index (χ2v) is 8.25. The van der Waals surface area contributed by atoms with Crippen molar-refractivity contribution in [2.24, 2.45) is 0 Å². The molecule has 0 unspecified atom stereocenters. The maximum atomic E-state index is 13.4. The molecule has 0 atom stereocenters. The van der Waals surface area contributed by atoms with E-state index in [0.29, 0.717) is 35.6 Å². The summed E-state index contributed by atoms with van der Waals surface area (Å²) in [6.07, 6.45) is 0.601. The number of ether oxygens (including phenoxy) is 2. The number of fused-ring (bicyclic) bond motifs is 1. The molecule has 1 N–H and O–H groups in total. The van der Waals surface area contributed by atoms with Crippen molar-refractivity contribution >= 4 is 16.8 Å². The molecule has 6 nitrogen and oxygen atoms in total. The fourth-order valence-corrected chi connectivity index (χ4v) is 4.01. The number of aryl methyl sites for hydroxylation is 1. The first-order valence-electron chi connectivity index (χ1n) is 11.2. The zero-order valence-electron chi connectivity index (χ0n) is 19.6. The molecule has 1 aromatic heterocycles. The molecule has 3 aromatic carbocycles. The van der Waals surface area contributed by atoms with Gasteiger partial charge in [0.05, 0.1) is 20.8 Å². The quantitative estimate of drug-likeness (QED) is 0.416. The van der Waals surface area contributed by atoms with E-state index in [9.17, 15) is 9.59 Å². The number of pyridine rings is 1. The van der Waals surface area contributed by atoms with Gasteiger partial charge in [-0.2, -0.15) is 0 Å². The summed E-state index contributed by atoms with van der Waals surface area (Å²) in [5.74, 6) is 1.17. The van der Waals surface area contributed by atoms with Gasteiger partial charge in [0.15, 0.2) is 11.5 Å². The highest BCUT2D eigenvalue weighted by Gasteiger charge is 2.18. The Hall–Kier alpha value is -4.06. The molecule has 0 aliphatic heterocycles. The highest BCUT2D eigenvalue weighted by Crippen LogP contribution is 2.28. The van der Waals surface area contributed by atoms with E-state index in [1.165, 1.54) is 0 Å². The van der Waals surface area contributed by atoms with E-state index in [4.69, 9.17) is 9.47 Å². The number of aromatic nitrogens is 1. The van der Waals surface area contributed by atoms with Crippen molar-refractivity contribution in [3.63, 3.8) is 0 Å². The van der Waals surface area contributed by atoms with Crippen LogP contribution in [0, 0.1) is 6.92 Å². The predicted molar refractivity (Wildman–Crippen MR) is 134 cm³/mol. The van der Waals surface area contributed by atoms with E-state index in [1.807, 2.05) is 67.6 Å². The first-order chi connectivity index (χ1) is 16.5. The Morgan fingerprint density at radius 2 is 1.68 bits per heavy atom. The number of nitrogens with one attached hydrogen (secondary N) is 1. The van der Waals surface area contributed by atoms with E-state index in [-0.39, 0.29) is 18.0 Å². The Bertz CT molecular complexity index is 1360. The molecule has 4 rings (SSSR count). The number of carbonyl (C=O) groups is 1. The molecule has 0 spiro atoms. The molecule has 0 radical (unpaired) electrons. The molecule has 0 aliphatic rings. The van der Waals surface area contributed by atoms with Crippen molar-refractivity contribution in [2.75, 3.05) is 20.8 Å². The van der Waals surface area contributed by atoms with Crippen molar-refractivity contribution in [3.8, 4) is 11.5 Å². The van der Waals surface area contributed by atoms with E-state index in [0.717, 1.165) is 22.0 Å². The second kappa shape index (κ2) is 10.3. The summed E-state index contributed by atoms with van der Waals surface area (Å²) < 4.78 is 10.7. The lowest BCUT2D eigenvalue weighted by Gasteiger charge is -2.23. The van der Waals surface area contributed by atoms with Crippen LogP contribution in [-0.2, 0) is 13.0 Å². The third kappa shape index (κ3) is 5.12. The molecule has 34 heavy (non-hydrogen) atoms. The number of H-pyrrole nitrogens is 1. The Kier molecular flexibility index (Phi) is 6.97. The Labute approximate surface area is 198 Å². The number of amides is 1. The minimum atomic E-state index is -0.187. The largest absolute Gasteiger partial charge is 0.493 e. The van der Waals surface area contributed by atoms with Crippen LogP contribution in [0.15, 0.2) is 77.6 Å². The van der Waals surface area contributed by atoms with Crippen LogP contribution in [0.3, 0.4) is 0 Å². The van der Waals surface area contributed by atoms with Gasteiger partial charge in [-0.05, 0) is 66.8 Å². The van der Waals surface area contributed by atoms with E-state index < -0.39 is 0 Å². The number of nitrogens with zero attached hydrogens (tertiary/aromatic N) is 1. The third-order valence-corrected chi connectivity index (χ3v) is 5.86. The van der Waals surface area contributed by atoms with Gasteiger partial charge in [-0.1, -0.05) is 35.9 Å². The predicted octanol–water partition coefficient (Wildman–Crippen LogP) is 4.74. The normalized spacial score (nSPS) is 10.8. The van der Waals surface area contributed by atoms with Gasteiger partial charge in [-0.25, -0.2) is 0 Å². The monoisotopic (exact) mass is 456 g/mol. The van der Waals surface area contributed by atoms with E-state index >= 15 is 0 Å².